The summed E-state index contributed by atoms with van der Waals surface area (Å²) in [7, 11) is 0. The lowest BCUT2D eigenvalue weighted by Gasteiger charge is -2.23. The van der Waals surface area contributed by atoms with Crippen molar-refractivity contribution in [2.45, 2.75) is 39.2 Å². The predicted octanol–water partition coefficient (Wildman–Crippen LogP) is 3.47. The number of hydrogen-bond donors (Lipinski definition) is 1. The summed E-state index contributed by atoms with van der Waals surface area (Å²) in [5.41, 5.74) is 9.30. The maximum atomic E-state index is 11.5. The molecule has 3 rings (SSSR count). The molecule has 1 aliphatic rings. The number of carbonyl (C=O) groups is 1. The van der Waals surface area contributed by atoms with Crippen LogP contribution >= 0.6 is 11.6 Å². The van der Waals surface area contributed by atoms with E-state index in [0.717, 1.165) is 24.3 Å². The summed E-state index contributed by atoms with van der Waals surface area (Å²) in [5.74, 6) is -0.240. The summed E-state index contributed by atoms with van der Waals surface area (Å²) in [4.78, 5) is 11.5. The van der Waals surface area contributed by atoms with Crippen molar-refractivity contribution in [1.29, 1.82) is 0 Å². The van der Waals surface area contributed by atoms with Gasteiger partial charge in [-0.1, -0.05) is 11.6 Å². The molecular weight excluding hydrogens is 272 g/mol. The number of fused-ring (bicyclic) bond motifs is 3. The maximum Gasteiger partial charge on any atom is 0.220 e. The maximum absolute atomic E-state index is 11.5. The molecule has 2 N–H and O–H groups in total. The van der Waals surface area contributed by atoms with E-state index in [1.807, 2.05) is 12.1 Å². The molecule has 1 unspecified atom stereocenters. The van der Waals surface area contributed by atoms with Gasteiger partial charge in [-0.15, -0.1) is 0 Å². The van der Waals surface area contributed by atoms with Crippen LogP contribution in [0, 0.1) is 5.92 Å². The van der Waals surface area contributed by atoms with Crippen LogP contribution < -0.4 is 5.73 Å². The van der Waals surface area contributed by atoms with Crippen LogP contribution in [0.3, 0.4) is 0 Å². The second kappa shape index (κ2) is 4.81. The molecule has 0 fully saturated rings. The van der Waals surface area contributed by atoms with Crippen molar-refractivity contribution in [3.63, 3.8) is 0 Å². The second-order valence-electron chi connectivity index (χ2n) is 5.89. The van der Waals surface area contributed by atoms with E-state index in [0.29, 0.717) is 6.04 Å². The molecule has 2 aromatic rings. The topological polar surface area (TPSA) is 48.0 Å². The first-order chi connectivity index (χ1) is 9.49. The number of benzene rings is 1. The highest BCUT2D eigenvalue weighted by atomic mass is 35.5. The SMILES string of the molecule is CC(C)n1c2c(c3cc(Cl)ccc31)CC(C(N)=O)CC2. The fourth-order valence-electron chi connectivity index (χ4n) is 3.40. The van der Waals surface area contributed by atoms with Gasteiger partial charge in [0.2, 0.25) is 5.91 Å². The van der Waals surface area contributed by atoms with Crippen LogP contribution in [-0.4, -0.2) is 10.5 Å². The lowest BCUT2D eigenvalue weighted by molar-refractivity contribution is -0.122. The van der Waals surface area contributed by atoms with Crippen LogP contribution in [0.5, 0.6) is 0 Å². The minimum atomic E-state index is -0.192. The zero-order valence-corrected chi connectivity index (χ0v) is 12.6. The first kappa shape index (κ1) is 13.5. The third kappa shape index (κ3) is 2.01. The minimum Gasteiger partial charge on any atom is -0.369 e. The molecule has 3 nitrogen and oxygen atoms in total. The van der Waals surface area contributed by atoms with Gasteiger partial charge in [-0.25, -0.2) is 0 Å². The quantitative estimate of drug-likeness (QED) is 0.904. The molecular formula is C16H19ClN2O. The average molecular weight is 291 g/mol. The van der Waals surface area contributed by atoms with Crippen LogP contribution in [0.1, 0.15) is 37.6 Å². The van der Waals surface area contributed by atoms with Gasteiger partial charge in [0.15, 0.2) is 0 Å². The number of halogens is 1. The van der Waals surface area contributed by atoms with E-state index < -0.39 is 0 Å². The summed E-state index contributed by atoms with van der Waals surface area (Å²) in [6, 6.07) is 6.42. The standard InChI is InChI=1S/C16H19ClN2O/c1-9(2)19-14-5-3-10(16(18)20)7-12(14)13-8-11(17)4-6-15(13)19/h4,6,8-10H,3,5,7H2,1-2H3,(H2,18,20). The molecule has 106 valence electrons. The Morgan fingerprint density at radius 1 is 1.45 bits per heavy atom. The Balaban J connectivity index is 2.24. The molecule has 20 heavy (non-hydrogen) atoms. The van der Waals surface area contributed by atoms with Crippen molar-refractivity contribution in [3.05, 3.63) is 34.5 Å². The Labute approximate surface area is 123 Å². The molecule has 0 spiro atoms. The number of primary amides is 1. The van der Waals surface area contributed by atoms with Crippen molar-refractivity contribution in [2.75, 3.05) is 0 Å². The largest absolute Gasteiger partial charge is 0.369 e. The van der Waals surface area contributed by atoms with Crippen LogP contribution in [0.25, 0.3) is 10.9 Å². The fraction of sp³-hybridized carbons (Fsp3) is 0.438. The number of hydrogen-bond acceptors (Lipinski definition) is 1. The van der Waals surface area contributed by atoms with Crippen molar-refractivity contribution in [1.82, 2.24) is 4.57 Å². The Hall–Kier alpha value is -1.48. The lowest BCUT2D eigenvalue weighted by atomic mass is 9.86. The first-order valence-electron chi connectivity index (χ1n) is 7.09. The number of carbonyl (C=O) groups excluding carboxylic acids is 1. The van der Waals surface area contributed by atoms with Gasteiger partial charge in [-0.2, -0.15) is 0 Å². The van der Waals surface area contributed by atoms with Crippen LogP contribution in [-0.2, 0) is 17.6 Å². The number of nitrogens with zero attached hydrogens (tertiary/aromatic N) is 1. The highest BCUT2D eigenvalue weighted by molar-refractivity contribution is 6.31. The van der Waals surface area contributed by atoms with Gasteiger partial charge in [0, 0.05) is 33.6 Å². The Morgan fingerprint density at radius 3 is 2.85 bits per heavy atom. The van der Waals surface area contributed by atoms with E-state index in [4.69, 9.17) is 17.3 Å². The monoisotopic (exact) mass is 290 g/mol. The number of rotatable bonds is 2. The molecule has 0 saturated heterocycles. The predicted molar refractivity (Wildman–Crippen MR) is 82.0 cm³/mol. The van der Waals surface area contributed by atoms with Crippen LogP contribution in [0.15, 0.2) is 18.2 Å². The molecule has 4 heteroatoms. The summed E-state index contributed by atoms with van der Waals surface area (Å²) in [6.07, 6.45) is 2.49. The fourth-order valence-corrected chi connectivity index (χ4v) is 3.57. The molecule has 0 radical (unpaired) electrons. The zero-order valence-electron chi connectivity index (χ0n) is 11.8. The molecule has 1 heterocycles. The molecule has 1 aliphatic carbocycles. The molecule has 0 saturated carbocycles. The molecule has 1 aromatic carbocycles. The lowest BCUT2D eigenvalue weighted by Crippen LogP contribution is -2.29. The van der Waals surface area contributed by atoms with Gasteiger partial charge < -0.3 is 10.3 Å². The van der Waals surface area contributed by atoms with Gasteiger partial charge >= 0.3 is 0 Å². The number of aromatic nitrogens is 1. The number of amides is 1. The van der Waals surface area contributed by atoms with Crippen molar-refractivity contribution >= 4 is 28.4 Å². The molecule has 1 aromatic heterocycles. The van der Waals surface area contributed by atoms with Crippen LogP contribution in [0.4, 0.5) is 0 Å². The van der Waals surface area contributed by atoms with E-state index >= 15 is 0 Å². The molecule has 1 atom stereocenters. The smallest absolute Gasteiger partial charge is 0.220 e. The summed E-state index contributed by atoms with van der Waals surface area (Å²) in [5, 5.41) is 1.91. The average Bonchev–Trinajstić information content (AvgIpc) is 2.71. The highest BCUT2D eigenvalue weighted by Gasteiger charge is 2.28. The third-order valence-corrected chi connectivity index (χ3v) is 4.52. The Kier molecular flexibility index (Phi) is 3.25. The van der Waals surface area contributed by atoms with Gasteiger partial charge in [0.1, 0.15) is 0 Å². The van der Waals surface area contributed by atoms with E-state index in [1.165, 1.54) is 22.2 Å². The van der Waals surface area contributed by atoms with Crippen molar-refractivity contribution in [3.8, 4) is 0 Å². The first-order valence-corrected chi connectivity index (χ1v) is 7.47. The summed E-state index contributed by atoms with van der Waals surface area (Å²) < 4.78 is 2.37. The van der Waals surface area contributed by atoms with Crippen LogP contribution in [0.2, 0.25) is 5.02 Å². The van der Waals surface area contributed by atoms with Gasteiger partial charge in [-0.05, 0) is 56.9 Å². The normalized spacial score (nSPS) is 18.5. The summed E-state index contributed by atoms with van der Waals surface area (Å²) in [6.45, 7) is 4.38. The molecule has 0 bridgehead atoms. The second-order valence-corrected chi connectivity index (χ2v) is 6.33. The van der Waals surface area contributed by atoms with Crippen molar-refractivity contribution < 1.29 is 4.79 Å². The summed E-state index contributed by atoms with van der Waals surface area (Å²) >= 11 is 6.15. The zero-order chi connectivity index (χ0) is 14.4. The molecule has 1 amide bonds. The van der Waals surface area contributed by atoms with E-state index in [1.54, 1.807) is 0 Å². The van der Waals surface area contributed by atoms with E-state index in [-0.39, 0.29) is 11.8 Å². The number of nitrogens with two attached hydrogens (primary N) is 1. The molecule has 0 aliphatic heterocycles. The highest BCUT2D eigenvalue weighted by Crippen LogP contribution is 2.37. The van der Waals surface area contributed by atoms with Gasteiger partial charge in [0.05, 0.1) is 0 Å². The van der Waals surface area contributed by atoms with Crippen molar-refractivity contribution in [2.24, 2.45) is 11.7 Å². The Morgan fingerprint density at radius 2 is 2.20 bits per heavy atom. The van der Waals surface area contributed by atoms with E-state index in [2.05, 4.69) is 24.5 Å². The van der Waals surface area contributed by atoms with Gasteiger partial charge in [0.25, 0.3) is 0 Å². The van der Waals surface area contributed by atoms with E-state index in [9.17, 15) is 4.79 Å². The Bertz CT molecular complexity index is 687. The minimum absolute atomic E-state index is 0.0484. The third-order valence-electron chi connectivity index (χ3n) is 4.28. The van der Waals surface area contributed by atoms with Gasteiger partial charge in [-0.3, -0.25) is 4.79 Å².